The lowest BCUT2D eigenvalue weighted by Gasteiger charge is -2.10. The summed E-state index contributed by atoms with van der Waals surface area (Å²) in [7, 11) is 0. The first-order chi connectivity index (χ1) is 14.1. The predicted octanol–water partition coefficient (Wildman–Crippen LogP) is 6.07. The van der Waals surface area contributed by atoms with Gasteiger partial charge in [0.05, 0.1) is 10.7 Å². The number of halogens is 2. The number of anilines is 1. The highest BCUT2D eigenvalue weighted by atomic mass is 127. The van der Waals surface area contributed by atoms with Crippen LogP contribution in [0, 0.1) is 14.9 Å². The maximum atomic E-state index is 12.5. The summed E-state index contributed by atoms with van der Waals surface area (Å²) in [5.41, 5.74) is 2.07. The number of nitrogens with one attached hydrogen (secondary N) is 1. The fraction of sp³-hybridized carbons (Fsp3) is 0.0435. The van der Waals surface area contributed by atoms with Gasteiger partial charge in [0, 0.05) is 9.13 Å². The Morgan fingerprint density at radius 1 is 1.07 bits per heavy atom. The molecule has 0 bridgehead atoms. The number of benzene rings is 3. The van der Waals surface area contributed by atoms with E-state index in [9.17, 15) is 10.1 Å². The normalized spacial score (nSPS) is 10.9. The average Bonchev–Trinajstić information content (AvgIpc) is 2.74. The molecule has 3 aromatic carbocycles. The van der Waals surface area contributed by atoms with Crippen molar-refractivity contribution in [3.05, 3.63) is 98.1 Å². The molecule has 0 fully saturated rings. The fourth-order valence-electron chi connectivity index (χ4n) is 2.53. The van der Waals surface area contributed by atoms with E-state index < -0.39 is 5.91 Å². The Hall–Kier alpha value is -2.82. The summed E-state index contributed by atoms with van der Waals surface area (Å²) in [6.07, 6.45) is 1.51. The predicted molar refractivity (Wildman–Crippen MR) is 124 cm³/mol. The van der Waals surface area contributed by atoms with Crippen molar-refractivity contribution < 1.29 is 9.53 Å². The Morgan fingerprint density at radius 2 is 1.76 bits per heavy atom. The maximum Gasteiger partial charge on any atom is 0.266 e. The molecule has 1 amide bonds. The molecule has 0 aliphatic heterocycles. The van der Waals surface area contributed by atoms with Crippen molar-refractivity contribution >= 4 is 51.9 Å². The van der Waals surface area contributed by atoms with Crippen molar-refractivity contribution in [1.82, 2.24) is 0 Å². The van der Waals surface area contributed by atoms with Crippen LogP contribution in [-0.4, -0.2) is 5.91 Å². The lowest BCUT2D eigenvalue weighted by molar-refractivity contribution is -0.112. The largest absolute Gasteiger partial charge is 0.488 e. The third-order valence-corrected chi connectivity index (χ3v) is 5.06. The topological polar surface area (TPSA) is 62.1 Å². The van der Waals surface area contributed by atoms with Crippen LogP contribution in [0.1, 0.15) is 11.1 Å². The van der Waals surface area contributed by atoms with Crippen molar-refractivity contribution in [3.8, 4) is 11.8 Å². The number of para-hydroxylation sites is 2. The molecule has 29 heavy (non-hydrogen) atoms. The van der Waals surface area contributed by atoms with Crippen LogP contribution in [0.2, 0.25) is 5.02 Å². The van der Waals surface area contributed by atoms with E-state index in [1.54, 1.807) is 36.4 Å². The third kappa shape index (κ3) is 5.83. The highest BCUT2D eigenvalue weighted by Crippen LogP contribution is 2.24. The zero-order valence-electron chi connectivity index (χ0n) is 15.2. The first-order valence-electron chi connectivity index (χ1n) is 8.71. The van der Waals surface area contributed by atoms with Gasteiger partial charge in [0.1, 0.15) is 24.0 Å². The lowest BCUT2D eigenvalue weighted by Crippen LogP contribution is -2.13. The molecule has 0 saturated heterocycles. The molecular weight excluding hydrogens is 499 g/mol. The molecule has 0 spiro atoms. The molecule has 0 saturated carbocycles. The van der Waals surface area contributed by atoms with Crippen molar-refractivity contribution in [2.24, 2.45) is 0 Å². The molecule has 6 heteroatoms. The van der Waals surface area contributed by atoms with Crippen LogP contribution in [-0.2, 0) is 11.4 Å². The van der Waals surface area contributed by atoms with Crippen LogP contribution >= 0.6 is 34.2 Å². The van der Waals surface area contributed by atoms with E-state index in [2.05, 4.69) is 27.9 Å². The zero-order chi connectivity index (χ0) is 20.6. The van der Waals surface area contributed by atoms with Gasteiger partial charge in [0.2, 0.25) is 0 Å². The summed E-state index contributed by atoms with van der Waals surface area (Å²) >= 11 is 8.32. The highest BCUT2D eigenvalue weighted by Gasteiger charge is 2.12. The summed E-state index contributed by atoms with van der Waals surface area (Å²) in [5, 5.41) is 12.5. The molecule has 0 atom stereocenters. The maximum absolute atomic E-state index is 12.5. The summed E-state index contributed by atoms with van der Waals surface area (Å²) in [4.78, 5) is 12.5. The minimum absolute atomic E-state index is 0.0461. The van der Waals surface area contributed by atoms with Crippen LogP contribution in [0.5, 0.6) is 5.75 Å². The number of carbonyl (C=O) groups is 1. The van der Waals surface area contributed by atoms with Gasteiger partial charge >= 0.3 is 0 Å². The molecule has 0 radical (unpaired) electrons. The molecule has 0 aliphatic carbocycles. The Labute approximate surface area is 187 Å². The third-order valence-electron chi connectivity index (χ3n) is 4.01. The lowest BCUT2D eigenvalue weighted by atomic mass is 10.1. The second kappa shape index (κ2) is 10.1. The minimum Gasteiger partial charge on any atom is -0.488 e. The van der Waals surface area contributed by atoms with Crippen LogP contribution in [0.25, 0.3) is 6.08 Å². The first kappa shape index (κ1) is 20.9. The Bertz CT molecular complexity index is 1090. The van der Waals surface area contributed by atoms with E-state index in [1.807, 2.05) is 42.5 Å². The monoisotopic (exact) mass is 514 g/mol. The number of amides is 1. The molecule has 0 aromatic heterocycles. The van der Waals surface area contributed by atoms with E-state index in [4.69, 9.17) is 16.3 Å². The second-order valence-electron chi connectivity index (χ2n) is 6.06. The molecule has 3 rings (SSSR count). The molecule has 1 N–H and O–H groups in total. The number of carbonyl (C=O) groups excluding carboxylic acids is 1. The number of hydrogen-bond acceptors (Lipinski definition) is 3. The van der Waals surface area contributed by atoms with Gasteiger partial charge in [-0.05, 0) is 64.6 Å². The van der Waals surface area contributed by atoms with Crippen LogP contribution in [0.15, 0.2) is 78.4 Å². The molecule has 0 heterocycles. The standard InChI is InChI=1S/C23H16ClIN2O2/c24-20-6-2-3-7-21(20)27-23(28)18(14-26)13-17-5-1-4-8-22(17)29-15-16-9-11-19(25)12-10-16/h1-13H,15H2,(H,27,28)/b18-13+. The van der Waals surface area contributed by atoms with E-state index in [0.29, 0.717) is 28.6 Å². The number of hydrogen-bond donors (Lipinski definition) is 1. The minimum atomic E-state index is -0.534. The van der Waals surface area contributed by atoms with Crippen molar-refractivity contribution in [2.45, 2.75) is 6.61 Å². The Balaban J connectivity index is 1.78. The second-order valence-corrected chi connectivity index (χ2v) is 7.71. The van der Waals surface area contributed by atoms with Gasteiger partial charge in [-0.1, -0.05) is 54.1 Å². The van der Waals surface area contributed by atoms with Gasteiger partial charge in [-0.15, -0.1) is 0 Å². The summed E-state index contributed by atoms with van der Waals surface area (Å²) in [6.45, 7) is 0.384. The van der Waals surface area contributed by atoms with Gasteiger partial charge < -0.3 is 10.1 Å². The van der Waals surface area contributed by atoms with Gasteiger partial charge in [0.15, 0.2) is 0 Å². The summed E-state index contributed by atoms with van der Waals surface area (Å²) in [5.74, 6) is 0.0531. The van der Waals surface area contributed by atoms with Crippen LogP contribution in [0.4, 0.5) is 5.69 Å². The SMILES string of the molecule is N#C/C(=C\c1ccccc1OCc1ccc(I)cc1)C(=O)Nc1ccccc1Cl. The van der Waals surface area contributed by atoms with E-state index >= 15 is 0 Å². The molecular formula is C23H16ClIN2O2. The van der Waals surface area contributed by atoms with E-state index in [-0.39, 0.29) is 5.57 Å². The van der Waals surface area contributed by atoms with E-state index in [1.165, 1.54) is 6.08 Å². The van der Waals surface area contributed by atoms with Crippen molar-refractivity contribution in [2.75, 3.05) is 5.32 Å². The Morgan fingerprint density at radius 3 is 2.48 bits per heavy atom. The van der Waals surface area contributed by atoms with Crippen LogP contribution < -0.4 is 10.1 Å². The number of ether oxygens (including phenoxy) is 1. The molecule has 3 aromatic rings. The zero-order valence-corrected chi connectivity index (χ0v) is 18.1. The molecule has 4 nitrogen and oxygen atoms in total. The van der Waals surface area contributed by atoms with Gasteiger partial charge in [-0.3, -0.25) is 4.79 Å². The molecule has 0 unspecified atom stereocenters. The smallest absolute Gasteiger partial charge is 0.266 e. The van der Waals surface area contributed by atoms with Crippen molar-refractivity contribution in [1.29, 1.82) is 5.26 Å². The van der Waals surface area contributed by atoms with Gasteiger partial charge in [-0.25, -0.2) is 0 Å². The van der Waals surface area contributed by atoms with Crippen LogP contribution in [0.3, 0.4) is 0 Å². The highest BCUT2D eigenvalue weighted by molar-refractivity contribution is 14.1. The molecule has 144 valence electrons. The fourth-order valence-corrected chi connectivity index (χ4v) is 3.07. The summed E-state index contributed by atoms with van der Waals surface area (Å²) < 4.78 is 7.07. The first-order valence-corrected chi connectivity index (χ1v) is 10.2. The van der Waals surface area contributed by atoms with Crippen molar-refractivity contribution in [3.63, 3.8) is 0 Å². The van der Waals surface area contributed by atoms with Gasteiger partial charge in [-0.2, -0.15) is 5.26 Å². The van der Waals surface area contributed by atoms with Gasteiger partial charge in [0.25, 0.3) is 5.91 Å². The summed E-state index contributed by atoms with van der Waals surface area (Å²) in [6, 6.07) is 24.1. The number of nitrogens with zero attached hydrogens (tertiary/aromatic N) is 1. The molecule has 0 aliphatic rings. The Kier molecular flexibility index (Phi) is 7.28. The van der Waals surface area contributed by atoms with E-state index in [0.717, 1.165) is 9.13 Å². The number of nitriles is 1. The number of rotatable bonds is 6. The average molecular weight is 515 g/mol. The quantitative estimate of drug-likeness (QED) is 0.247.